The SMILES string of the molecule is COc1ccc(COC[C@H](C)CC[C@H](O)CC(=O)N(C)OC)cc1. The van der Waals surface area contributed by atoms with Crippen molar-refractivity contribution < 1.29 is 24.2 Å². The molecule has 0 aromatic heterocycles. The van der Waals surface area contributed by atoms with E-state index in [0.717, 1.165) is 22.8 Å². The van der Waals surface area contributed by atoms with E-state index < -0.39 is 6.10 Å². The molecular weight excluding hydrogens is 310 g/mol. The van der Waals surface area contributed by atoms with Crippen molar-refractivity contribution in [3.05, 3.63) is 29.8 Å². The molecule has 1 aromatic carbocycles. The van der Waals surface area contributed by atoms with Gasteiger partial charge >= 0.3 is 0 Å². The van der Waals surface area contributed by atoms with Crippen LogP contribution in [0.4, 0.5) is 0 Å². The van der Waals surface area contributed by atoms with Gasteiger partial charge < -0.3 is 14.6 Å². The Morgan fingerprint density at radius 1 is 1.21 bits per heavy atom. The van der Waals surface area contributed by atoms with Gasteiger partial charge in [0.2, 0.25) is 5.91 Å². The molecular formula is C18H29NO5. The fourth-order valence-electron chi connectivity index (χ4n) is 2.19. The van der Waals surface area contributed by atoms with Gasteiger partial charge in [0.25, 0.3) is 0 Å². The van der Waals surface area contributed by atoms with Crippen LogP contribution in [0.5, 0.6) is 5.75 Å². The Bertz CT molecular complexity index is 477. The van der Waals surface area contributed by atoms with Crippen molar-refractivity contribution in [3.63, 3.8) is 0 Å². The zero-order valence-electron chi connectivity index (χ0n) is 15.0. The van der Waals surface area contributed by atoms with Crippen LogP contribution in [0.2, 0.25) is 0 Å². The topological polar surface area (TPSA) is 68.2 Å². The second-order valence-electron chi connectivity index (χ2n) is 5.98. The summed E-state index contributed by atoms with van der Waals surface area (Å²) >= 11 is 0. The number of hydroxylamine groups is 2. The van der Waals surface area contributed by atoms with Crippen LogP contribution in [0.3, 0.4) is 0 Å². The van der Waals surface area contributed by atoms with E-state index in [0.29, 0.717) is 25.6 Å². The normalized spacial score (nSPS) is 13.4. The number of aliphatic hydroxyl groups excluding tert-OH is 1. The Morgan fingerprint density at radius 3 is 2.46 bits per heavy atom. The van der Waals surface area contributed by atoms with Crippen LogP contribution in [0.25, 0.3) is 0 Å². The van der Waals surface area contributed by atoms with Crippen molar-refractivity contribution in [2.24, 2.45) is 5.92 Å². The molecule has 1 aromatic rings. The lowest BCUT2D eigenvalue weighted by Gasteiger charge is -2.18. The van der Waals surface area contributed by atoms with E-state index in [1.807, 2.05) is 24.3 Å². The minimum atomic E-state index is -0.654. The highest BCUT2D eigenvalue weighted by atomic mass is 16.7. The first kappa shape index (κ1) is 20.4. The molecule has 6 heteroatoms. The summed E-state index contributed by atoms with van der Waals surface area (Å²) in [4.78, 5) is 16.4. The van der Waals surface area contributed by atoms with E-state index in [-0.39, 0.29) is 12.3 Å². The van der Waals surface area contributed by atoms with Crippen LogP contribution in [-0.4, -0.2) is 50.1 Å². The van der Waals surface area contributed by atoms with E-state index in [1.165, 1.54) is 14.2 Å². The van der Waals surface area contributed by atoms with Gasteiger partial charge in [-0.05, 0) is 36.5 Å². The van der Waals surface area contributed by atoms with E-state index in [9.17, 15) is 9.90 Å². The lowest BCUT2D eigenvalue weighted by Crippen LogP contribution is -2.29. The van der Waals surface area contributed by atoms with Crippen LogP contribution >= 0.6 is 0 Å². The largest absolute Gasteiger partial charge is 0.497 e. The van der Waals surface area contributed by atoms with E-state index in [2.05, 4.69) is 6.92 Å². The molecule has 0 spiro atoms. The van der Waals surface area contributed by atoms with E-state index in [4.69, 9.17) is 14.3 Å². The summed E-state index contributed by atoms with van der Waals surface area (Å²) in [6, 6.07) is 7.77. The molecule has 1 N–H and O–H groups in total. The number of rotatable bonds is 11. The average molecular weight is 339 g/mol. The first-order valence-corrected chi connectivity index (χ1v) is 8.15. The van der Waals surface area contributed by atoms with Gasteiger partial charge in [0, 0.05) is 13.7 Å². The molecule has 0 fully saturated rings. The van der Waals surface area contributed by atoms with Gasteiger partial charge in [0.05, 0.1) is 33.4 Å². The predicted octanol–water partition coefficient (Wildman–Crippen LogP) is 2.40. The zero-order chi connectivity index (χ0) is 17.9. The number of hydrogen-bond acceptors (Lipinski definition) is 5. The van der Waals surface area contributed by atoms with Crippen LogP contribution in [0, 0.1) is 5.92 Å². The Balaban J connectivity index is 2.19. The van der Waals surface area contributed by atoms with Crippen LogP contribution in [0.15, 0.2) is 24.3 Å². The monoisotopic (exact) mass is 339 g/mol. The molecule has 0 radical (unpaired) electrons. The Labute approximate surface area is 144 Å². The fraction of sp³-hybridized carbons (Fsp3) is 0.611. The first-order chi connectivity index (χ1) is 11.5. The molecule has 0 aliphatic rings. The van der Waals surface area contributed by atoms with Gasteiger partial charge in [-0.2, -0.15) is 0 Å². The number of carbonyl (C=O) groups excluding carboxylic acids is 1. The standard InChI is InChI=1S/C18H29NO5/c1-14(5-8-16(20)11-18(21)19(2)23-4)12-24-13-15-6-9-17(22-3)10-7-15/h6-7,9-10,14,16,20H,5,8,11-13H2,1-4H3/t14-,16+/m1/s1. The summed E-state index contributed by atoms with van der Waals surface area (Å²) in [7, 11) is 4.60. The van der Waals surface area contributed by atoms with Crippen molar-refractivity contribution in [1.82, 2.24) is 5.06 Å². The number of benzene rings is 1. The maximum atomic E-state index is 11.6. The number of amides is 1. The molecule has 0 unspecified atom stereocenters. The number of aliphatic hydroxyl groups is 1. The lowest BCUT2D eigenvalue weighted by molar-refractivity contribution is -0.170. The summed E-state index contributed by atoms with van der Waals surface area (Å²) in [6.07, 6.45) is 0.785. The fourth-order valence-corrected chi connectivity index (χ4v) is 2.19. The molecule has 2 atom stereocenters. The highest BCUT2D eigenvalue weighted by Gasteiger charge is 2.15. The Hall–Kier alpha value is -1.63. The highest BCUT2D eigenvalue weighted by molar-refractivity contribution is 5.75. The van der Waals surface area contributed by atoms with Crippen LogP contribution in [-0.2, 0) is 21.0 Å². The molecule has 1 rings (SSSR count). The van der Waals surface area contributed by atoms with Gasteiger partial charge in [0.15, 0.2) is 0 Å². The predicted molar refractivity (Wildman–Crippen MR) is 91.5 cm³/mol. The van der Waals surface area contributed by atoms with Crippen molar-refractivity contribution in [2.45, 2.75) is 38.9 Å². The Kier molecular flexibility index (Phi) is 9.37. The number of carbonyl (C=O) groups is 1. The molecule has 0 heterocycles. The van der Waals surface area contributed by atoms with Crippen molar-refractivity contribution >= 4 is 5.91 Å². The Morgan fingerprint density at radius 2 is 1.88 bits per heavy atom. The number of nitrogens with zero attached hydrogens (tertiary/aromatic N) is 1. The second kappa shape index (κ2) is 11.0. The van der Waals surface area contributed by atoms with Crippen molar-refractivity contribution in [1.29, 1.82) is 0 Å². The third-order valence-corrected chi connectivity index (χ3v) is 3.86. The van der Waals surface area contributed by atoms with E-state index >= 15 is 0 Å². The maximum absolute atomic E-state index is 11.6. The number of ether oxygens (including phenoxy) is 2. The third-order valence-electron chi connectivity index (χ3n) is 3.86. The highest BCUT2D eigenvalue weighted by Crippen LogP contribution is 2.14. The van der Waals surface area contributed by atoms with E-state index in [1.54, 1.807) is 7.11 Å². The lowest BCUT2D eigenvalue weighted by atomic mass is 10.0. The molecule has 1 amide bonds. The summed E-state index contributed by atoms with van der Waals surface area (Å²) in [5.41, 5.74) is 1.09. The molecule has 0 aliphatic carbocycles. The van der Waals surface area contributed by atoms with Crippen molar-refractivity contribution in [3.8, 4) is 5.75 Å². The van der Waals surface area contributed by atoms with Gasteiger partial charge in [-0.3, -0.25) is 9.63 Å². The third kappa shape index (κ3) is 7.77. The number of methoxy groups -OCH3 is 1. The first-order valence-electron chi connectivity index (χ1n) is 8.15. The minimum Gasteiger partial charge on any atom is -0.497 e. The molecule has 6 nitrogen and oxygen atoms in total. The smallest absolute Gasteiger partial charge is 0.248 e. The van der Waals surface area contributed by atoms with Crippen LogP contribution in [0.1, 0.15) is 31.7 Å². The second-order valence-corrected chi connectivity index (χ2v) is 5.98. The summed E-state index contributed by atoms with van der Waals surface area (Å²) in [5.74, 6) is 0.913. The quantitative estimate of drug-likeness (QED) is 0.627. The summed E-state index contributed by atoms with van der Waals surface area (Å²) < 4.78 is 10.8. The average Bonchev–Trinajstić information content (AvgIpc) is 2.59. The van der Waals surface area contributed by atoms with Crippen molar-refractivity contribution in [2.75, 3.05) is 27.9 Å². The molecule has 0 aliphatic heterocycles. The number of hydrogen-bond donors (Lipinski definition) is 1. The van der Waals surface area contributed by atoms with Gasteiger partial charge in [-0.25, -0.2) is 5.06 Å². The van der Waals surface area contributed by atoms with Gasteiger partial charge in [0.1, 0.15) is 5.75 Å². The summed E-state index contributed by atoms with van der Waals surface area (Å²) in [6.45, 7) is 3.24. The molecule has 0 bridgehead atoms. The molecule has 0 saturated carbocycles. The van der Waals surface area contributed by atoms with Gasteiger partial charge in [-0.15, -0.1) is 0 Å². The molecule has 24 heavy (non-hydrogen) atoms. The maximum Gasteiger partial charge on any atom is 0.248 e. The summed E-state index contributed by atoms with van der Waals surface area (Å²) in [5, 5.41) is 11.0. The molecule has 136 valence electrons. The van der Waals surface area contributed by atoms with Gasteiger partial charge in [-0.1, -0.05) is 19.1 Å². The molecule has 0 saturated heterocycles. The zero-order valence-corrected chi connectivity index (χ0v) is 15.0. The van der Waals surface area contributed by atoms with Crippen LogP contribution < -0.4 is 4.74 Å². The minimum absolute atomic E-state index is 0.0732.